The Morgan fingerprint density at radius 2 is 2.06 bits per heavy atom. The van der Waals surface area contributed by atoms with Gasteiger partial charge in [-0.3, -0.25) is 0 Å². The van der Waals surface area contributed by atoms with Crippen molar-refractivity contribution >= 4 is 0 Å². The Labute approximate surface area is 111 Å². The summed E-state index contributed by atoms with van der Waals surface area (Å²) < 4.78 is 5.82. The van der Waals surface area contributed by atoms with Gasteiger partial charge in [0.15, 0.2) is 0 Å². The van der Waals surface area contributed by atoms with Crippen molar-refractivity contribution in [3.63, 3.8) is 0 Å². The van der Waals surface area contributed by atoms with Crippen LogP contribution in [-0.4, -0.2) is 49.3 Å². The lowest BCUT2D eigenvalue weighted by atomic mass is 9.97. The van der Waals surface area contributed by atoms with Crippen molar-refractivity contribution in [3.05, 3.63) is 0 Å². The summed E-state index contributed by atoms with van der Waals surface area (Å²) in [5.74, 6) is 0.787. The number of nitrogens with one attached hydrogen (secondary N) is 1. The molecule has 0 amide bonds. The molecule has 1 N–H and O–H groups in total. The molecule has 0 spiro atoms. The van der Waals surface area contributed by atoms with E-state index in [0.717, 1.165) is 24.6 Å². The minimum atomic E-state index is 0.529. The number of hydrogen-bond donors (Lipinski definition) is 1. The number of hydrogen-bond acceptors (Lipinski definition) is 3. The molecule has 2 heterocycles. The normalized spacial score (nSPS) is 38.2. The summed E-state index contributed by atoms with van der Waals surface area (Å²) in [5, 5.41) is 3.80. The van der Waals surface area contributed by atoms with Gasteiger partial charge in [-0.2, -0.15) is 0 Å². The van der Waals surface area contributed by atoms with E-state index in [2.05, 4.69) is 17.1 Å². The van der Waals surface area contributed by atoms with Gasteiger partial charge in [0.2, 0.25) is 0 Å². The largest absolute Gasteiger partial charge is 0.378 e. The van der Waals surface area contributed by atoms with Gasteiger partial charge in [-0.25, -0.2) is 0 Å². The maximum Gasteiger partial charge on any atom is 0.0613 e. The van der Waals surface area contributed by atoms with Gasteiger partial charge in [0.05, 0.1) is 6.10 Å². The standard InChI is InChI=1S/C15H28N2O/c1-2-15-12(7-9-18-15)10-17-8-3-4-14(11-17)16-13-5-6-13/h12-16H,2-11H2,1H3. The minimum absolute atomic E-state index is 0.529. The molecule has 3 unspecified atom stereocenters. The van der Waals surface area contributed by atoms with Crippen LogP contribution in [0.2, 0.25) is 0 Å². The molecular formula is C15H28N2O. The minimum Gasteiger partial charge on any atom is -0.378 e. The summed E-state index contributed by atoms with van der Waals surface area (Å²) in [6.07, 6.45) is 8.55. The van der Waals surface area contributed by atoms with Gasteiger partial charge in [0.1, 0.15) is 0 Å². The van der Waals surface area contributed by atoms with Gasteiger partial charge < -0.3 is 15.0 Å². The molecule has 2 saturated heterocycles. The molecule has 3 fully saturated rings. The first-order valence-electron chi connectivity index (χ1n) is 7.95. The zero-order valence-electron chi connectivity index (χ0n) is 11.7. The Kier molecular flexibility index (Phi) is 4.22. The van der Waals surface area contributed by atoms with Crippen molar-refractivity contribution in [1.29, 1.82) is 0 Å². The number of ether oxygens (including phenoxy) is 1. The molecule has 3 atom stereocenters. The maximum atomic E-state index is 5.82. The molecule has 104 valence electrons. The zero-order chi connectivity index (χ0) is 12.4. The Balaban J connectivity index is 1.46. The molecule has 18 heavy (non-hydrogen) atoms. The Hall–Kier alpha value is -0.120. The smallest absolute Gasteiger partial charge is 0.0613 e. The second-order valence-corrected chi connectivity index (χ2v) is 6.41. The fourth-order valence-corrected chi connectivity index (χ4v) is 3.63. The van der Waals surface area contributed by atoms with E-state index >= 15 is 0 Å². The highest BCUT2D eigenvalue weighted by Gasteiger charge is 2.31. The molecule has 3 aliphatic rings. The summed E-state index contributed by atoms with van der Waals surface area (Å²) in [5.41, 5.74) is 0. The maximum absolute atomic E-state index is 5.82. The summed E-state index contributed by atoms with van der Waals surface area (Å²) >= 11 is 0. The van der Waals surface area contributed by atoms with Crippen LogP contribution in [0.15, 0.2) is 0 Å². The lowest BCUT2D eigenvalue weighted by Crippen LogP contribution is -2.48. The number of piperidine rings is 1. The first-order valence-corrected chi connectivity index (χ1v) is 7.95. The third kappa shape index (κ3) is 3.25. The van der Waals surface area contributed by atoms with E-state index in [9.17, 15) is 0 Å². The first kappa shape index (κ1) is 12.9. The Morgan fingerprint density at radius 1 is 1.17 bits per heavy atom. The molecule has 3 heteroatoms. The van der Waals surface area contributed by atoms with Crippen molar-refractivity contribution in [2.75, 3.05) is 26.2 Å². The molecule has 0 bridgehead atoms. The lowest BCUT2D eigenvalue weighted by molar-refractivity contribution is 0.0695. The van der Waals surface area contributed by atoms with Crippen LogP contribution in [0.4, 0.5) is 0 Å². The van der Waals surface area contributed by atoms with Crippen molar-refractivity contribution in [3.8, 4) is 0 Å². The van der Waals surface area contributed by atoms with Crippen LogP contribution in [0.5, 0.6) is 0 Å². The molecule has 0 radical (unpaired) electrons. The van der Waals surface area contributed by atoms with Crippen molar-refractivity contribution < 1.29 is 4.74 Å². The molecule has 3 rings (SSSR count). The zero-order valence-corrected chi connectivity index (χ0v) is 11.7. The van der Waals surface area contributed by atoms with Crippen LogP contribution in [-0.2, 0) is 4.74 Å². The van der Waals surface area contributed by atoms with Crippen LogP contribution < -0.4 is 5.32 Å². The molecule has 0 aromatic heterocycles. The highest BCUT2D eigenvalue weighted by molar-refractivity contribution is 4.89. The van der Waals surface area contributed by atoms with E-state index in [1.807, 2.05) is 0 Å². The number of rotatable bonds is 5. The Bertz CT molecular complexity index is 267. The fraction of sp³-hybridized carbons (Fsp3) is 1.00. The SMILES string of the molecule is CCC1OCCC1CN1CCCC(NC2CC2)C1. The molecule has 1 aliphatic carbocycles. The van der Waals surface area contributed by atoms with Gasteiger partial charge in [0, 0.05) is 31.8 Å². The molecular weight excluding hydrogens is 224 g/mol. The van der Waals surface area contributed by atoms with E-state index in [-0.39, 0.29) is 0 Å². The highest BCUT2D eigenvalue weighted by atomic mass is 16.5. The van der Waals surface area contributed by atoms with Crippen LogP contribution in [0.1, 0.15) is 45.4 Å². The molecule has 2 aliphatic heterocycles. The monoisotopic (exact) mass is 252 g/mol. The average Bonchev–Trinajstić information content (AvgIpc) is 3.07. The van der Waals surface area contributed by atoms with Gasteiger partial charge in [0.25, 0.3) is 0 Å². The predicted octanol–water partition coefficient (Wildman–Crippen LogP) is 2.02. The van der Waals surface area contributed by atoms with Gasteiger partial charge in [-0.15, -0.1) is 0 Å². The van der Waals surface area contributed by atoms with Crippen molar-refractivity contribution in [2.24, 2.45) is 5.92 Å². The summed E-state index contributed by atoms with van der Waals surface area (Å²) in [6.45, 7) is 7.08. The second kappa shape index (κ2) is 5.89. The van der Waals surface area contributed by atoms with Crippen molar-refractivity contribution in [2.45, 2.75) is 63.6 Å². The van der Waals surface area contributed by atoms with Gasteiger partial charge in [-0.1, -0.05) is 6.92 Å². The summed E-state index contributed by atoms with van der Waals surface area (Å²) in [4.78, 5) is 2.69. The third-order valence-electron chi connectivity index (χ3n) is 4.80. The summed E-state index contributed by atoms with van der Waals surface area (Å²) in [6, 6.07) is 1.61. The van der Waals surface area contributed by atoms with E-state index in [1.165, 1.54) is 58.2 Å². The predicted molar refractivity (Wildman–Crippen MR) is 73.8 cm³/mol. The van der Waals surface area contributed by atoms with E-state index in [1.54, 1.807) is 0 Å². The quantitative estimate of drug-likeness (QED) is 0.810. The van der Waals surface area contributed by atoms with E-state index in [0.29, 0.717) is 6.10 Å². The third-order valence-corrected chi connectivity index (χ3v) is 4.80. The average molecular weight is 252 g/mol. The molecule has 0 aromatic carbocycles. The highest BCUT2D eigenvalue weighted by Crippen LogP contribution is 2.26. The fourth-order valence-electron chi connectivity index (χ4n) is 3.63. The van der Waals surface area contributed by atoms with E-state index < -0.39 is 0 Å². The number of nitrogens with zero attached hydrogens (tertiary/aromatic N) is 1. The van der Waals surface area contributed by atoms with Gasteiger partial charge >= 0.3 is 0 Å². The number of likely N-dealkylation sites (tertiary alicyclic amines) is 1. The molecule has 0 aromatic rings. The summed E-state index contributed by atoms with van der Waals surface area (Å²) in [7, 11) is 0. The van der Waals surface area contributed by atoms with E-state index in [4.69, 9.17) is 4.74 Å². The van der Waals surface area contributed by atoms with Gasteiger partial charge in [-0.05, 0) is 51.0 Å². The Morgan fingerprint density at radius 3 is 2.83 bits per heavy atom. The van der Waals surface area contributed by atoms with Crippen LogP contribution in [0.3, 0.4) is 0 Å². The van der Waals surface area contributed by atoms with Crippen molar-refractivity contribution in [1.82, 2.24) is 10.2 Å². The molecule has 1 saturated carbocycles. The van der Waals surface area contributed by atoms with Crippen LogP contribution in [0.25, 0.3) is 0 Å². The molecule has 3 nitrogen and oxygen atoms in total. The van der Waals surface area contributed by atoms with Crippen LogP contribution >= 0.6 is 0 Å². The first-order chi connectivity index (χ1) is 8.85. The second-order valence-electron chi connectivity index (χ2n) is 6.41. The lowest BCUT2D eigenvalue weighted by Gasteiger charge is -2.35. The topological polar surface area (TPSA) is 24.5 Å². The van der Waals surface area contributed by atoms with Crippen LogP contribution in [0, 0.1) is 5.92 Å².